The van der Waals surface area contributed by atoms with E-state index in [0.29, 0.717) is 25.8 Å². The van der Waals surface area contributed by atoms with E-state index in [0.717, 1.165) is 25.7 Å². The number of carbonyl (C=O) groups excluding carboxylic acids is 9. The van der Waals surface area contributed by atoms with Gasteiger partial charge in [-0.3, -0.25) is 43.2 Å². The quantitative estimate of drug-likeness (QED) is 0.0288. The van der Waals surface area contributed by atoms with Gasteiger partial charge in [-0.2, -0.15) is 0 Å². The monoisotopic (exact) mass is 769 g/mol. The van der Waals surface area contributed by atoms with E-state index in [1.54, 1.807) is 0 Å². The Morgan fingerprint density at radius 2 is 1.22 bits per heavy atom. The summed E-state index contributed by atoms with van der Waals surface area (Å²) in [6, 6.07) is -6.99. The largest absolute Gasteiger partial charge is 0.391 e. The second-order valence-electron chi connectivity index (χ2n) is 13.2. The molecule has 19 nitrogen and oxygen atoms in total. The second-order valence-corrected chi connectivity index (χ2v) is 13.2. The Kier molecular flexibility index (Phi) is 25.5. The number of aliphatic hydroxyl groups is 1. The number of amides is 8. The van der Waals surface area contributed by atoms with Gasteiger partial charge in [0, 0.05) is 26.4 Å². The number of nitrogens with one attached hydrogen (secondary N) is 7. The Morgan fingerprint density at radius 1 is 0.630 bits per heavy atom. The van der Waals surface area contributed by atoms with Crippen molar-refractivity contribution in [2.75, 3.05) is 20.1 Å². The molecule has 308 valence electrons. The Bertz CT molecular complexity index is 1260. The fourth-order valence-electron chi connectivity index (χ4n) is 5.11. The zero-order valence-corrected chi connectivity index (χ0v) is 32.3. The molecule has 2 unspecified atom stereocenters. The molecule has 0 aromatic heterocycles. The zero-order valence-electron chi connectivity index (χ0n) is 32.3. The number of hydrogen-bond acceptors (Lipinski definition) is 11. The number of ketones is 1. The lowest BCUT2D eigenvalue weighted by molar-refractivity contribution is -0.140. The van der Waals surface area contributed by atoms with Crippen molar-refractivity contribution in [2.45, 2.75) is 147 Å². The summed E-state index contributed by atoms with van der Waals surface area (Å²) in [6.07, 6.45) is 6.73. The summed E-state index contributed by atoms with van der Waals surface area (Å²) in [4.78, 5) is 112. The fourth-order valence-corrected chi connectivity index (χ4v) is 5.11. The first kappa shape index (κ1) is 49.4. The van der Waals surface area contributed by atoms with Crippen LogP contribution in [-0.2, 0) is 43.2 Å². The summed E-state index contributed by atoms with van der Waals surface area (Å²) in [5.41, 5.74) is 10.8. The van der Waals surface area contributed by atoms with Gasteiger partial charge in [0.15, 0.2) is 0 Å². The third-order valence-electron chi connectivity index (χ3n) is 8.34. The summed E-state index contributed by atoms with van der Waals surface area (Å²) >= 11 is 0. The van der Waals surface area contributed by atoms with Crippen LogP contribution in [0.4, 0.5) is 0 Å². The molecular weight excluding hydrogens is 706 g/mol. The minimum Gasteiger partial charge on any atom is -0.391 e. The molecule has 0 aromatic carbocycles. The van der Waals surface area contributed by atoms with Crippen LogP contribution in [-0.4, -0.2) is 115 Å². The van der Waals surface area contributed by atoms with Crippen LogP contribution in [0.2, 0.25) is 0 Å². The number of hydrogen-bond donors (Lipinski definition) is 10. The van der Waals surface area contributed by atoms with E-state index in [-0.39, 0.29) is 25.3 Å². The molecule has 0 radical (unpaired) electrons. The lowest BCUT2D eigenvalue weighted by Gasteiger charge is -2.26. The molecule has 0 saturated carbocycles. The van der Waals surface area contributed by atoms with Crippen molar-refractivity contribution in [2.24, 2.45) is 11.5 Å². The first-order chi connectivity index (χ1) is 25.5. The van der Waals surface area contributed by atoms with Gasteiger partial charge in [-0.1, -0.05) is 45.4 Å². The SMILES string of the molecule is CCCCCCCCCC(=O)NCCC(=O)N[C@@H](CCCCN)C(=O)N[C@H](C(=O)N[C@@H](C)C(=O)N[C@@H](CC(N)=O)C(=O)NC(C)C(=O)C(=O)NC)C(C)O. The Morgan fingerprint density at radius 3 is 1.80 bits per heavy atom. The molecule has 0 spiro atoms. The van der Waals surface area contributed by atoms with Crippen molar-refractivity contribution < 1.29 is 48.3 Å². The molecule has 0 aliphatic rings. The molecule has 54 heavy (non-hydrogen) atoms. The van der Waals surface area contributed by atoms with Gasteiger partial charge in [-0.15, -0.1) is 0 Å². The maximum Gasteiger partial charge on any atom is 0.289 e. The lowest BCUT2D eigenvalue weighted by Crippen LogP contribution is -2.60. The van der Waals surface area contributed by atoms with Crippen molar-refractivity contribution in [3.05, 3.63) is 0 Å². The standard InChI is InChI=1S/C35H63N9O10/c1-6-7-8-9-10-11-12-16-27(47)39-19-17-28(48)42-24(15-13-14-18-36)32(51)44-29(23(4)45)34(53)41-22(3)31(50)43-25(20-26(37)46)33(52)40-21(2)30(49)35(54)38-5/h21-25,29,45H,6-20,36H2,1-5H3,(H2,37,46)(H,38,54)(H,39,47)(H,40,52)(H,41,53)(H,42,48)(H,43,50)(H,44,51)/t21?,22-,23?,24-,25-,29-/m0/s1. The smallest absolute Gasteiger partial charge is 0.289 e. The number of nitrogens with two attached hydrogens (primary N) is 2. The normalized spacial score (nSPS) is 14.1. The Balaban J connectivity index is 5.35. The number of carbonyl (C=O) groups is 9. The summed E-state index contributed by atoms with van der Waals surface area (Å²) in [6.45, 7) is 6.22. The number of Topliss-reactive ketones (excluding diaryl/α,β-unsaturated/α-hetero) is 1. The molecule has 0 aliphatic carbocycles. The first-order valence-corrected chi connectivity index (χ1v) is 18.7. The summed E-state index contributed by atoms with van der Waals surface area (Å²) < 4.78 is 0. The van der Waals surface area contributed by atoms with E-state index in [9.17, 15) is 48.3 Å². The number of aliphatic hydroxyl groups excluding tert-OH is 1. The third kappa shape index (κ3) is 21.2. The van der Waals surface area contributed by atoms with Crippen molar-refractivity contribution in [1.29, 1.82) is 0 Å². The molecule has 12 N–H and O–H groups in total. The zero-order chi connectivity index (χ0) is 41.2. The van der Waals surface area contributed by atoms with E-state index in [1.807, 2.05) is 0 Å². The van der Waals surface area contributed by atoms with E-state index >= 15 is 0 Å². The van der Waals surface area contributed by atoms with Gasteiger partial charge in [0.1, 0.15) is 24.2 Å². The lowest BCUT2D eigenvalue weighted by atomic mass is 10.1. The number of primary amides is 1. The molecule has 0 bridgehead atoms. The Labute approximate surface area is 317 Å². The van der Waals surface area contributed by atoms with Gasteiger partial charge in [0.25, 0.3) is 5.91 Å². The highest BCUT2D eigenvalue weighted by molar-refractivity contribution is 6.38. The predicted octanol–water partition coefficient (Wildman–Crippen LogP) is -2.20. The molecule has 0 heterocycles. The van der Waals surface area contributed by atoms with Crippen LogP contribution in [0.5, 0.6) is 0 Å². The number of unbranched alkanes of at least 4 members (excludes halogenated alkanes) is 7. The molecule has 0 aromatic rings. The molecule has 0 aliphatic heterocycles. The van der Waals surface area contributed by atoms with Gasteiger partial charge >= 0.3 is 0 Å². The van der Waals surface area contributed by atoms with Crippen LogP contribution >= 0.6 is 0 Å². The van der Waals surface area contributed by atoms with Crippen molar-refractivity contribution in [3.8, 4) is 0 Å². The van der Waals surface area contributed by atoms with Gasteiger partial charge in [0.05, 0.1) is 18.6 Å². The first-order valence-electron chi connectivity index (χ1n) is 18.7. The van der Waals surface area contributed by atoms with Gasteiger partial charge in [0.2, 0.25) is 47.1 Å². The van der Waals surface area contributed by atoms with Crippen LogP contribution in [0, 0.1) is 0 Å². The van der Waals surface area contributed by atoms with Crippen LogP contribution in [0.25, 0.3) is 0 Å². The van der Waals surface area contributed by atoms with Crippen molar-refractivity contribution >= 4 is 53.0 Å². The maximum absolute atomic E-state index is 13.3. The molecule has 0 fully saturated rings. The van der Waals surface area contributed by atoms with E-state index in [4.69, 9.17) is 11.5 Å². The average Bonchev–Trinajstić information content (AvgIpc) is 3.11. The van der Waals surface area contributed by atoms with Gasteiger partial charge in [-0.25, -0.2) is 0 Å². The van der Waals surface area contributed by atoms with E-state index in [2.05, 4.69) is 44.1 Å². The predicted molar refractivity (Wildman–Crippen MR) is 199 cm³/mol. The van der Waals surface area contributed by atoms with Gasteiger partial charge in [-0.05, 0) is 53.0 Å². The maximum atomic E-state index is 13.3. The molecular formula is C35H63N9O10. The van der Waals surface area contributed by atoms with Crippen molar-refractivity contribution in [3.63, 3.8) is 0 Å². The summed E-state index contributed by atoms with van der Waals surface area (Å²) in [5.74, 6) is -7.39. The minimum absolute atomic E-state index is 0.0616. The summed E-state index contributed by atoms with van der Waals surface area (Å²) in [7, 11) is 1.22. The molecule has 8 amide bonds. The molecule has 19 heteroatoms. The van der Waals surface area contributed by atoms with Crippen LogP contribution < -0.4 is 48.7 Å². The second kappa shape index (κ2) is 27.9. The van der Waals surface area contributed by atoms with E-state index < -0.39 is 89.9 Å². The highest BCUT2D eigenvalue weighted by Crippen LogP contribution is 2.09. The molecule has 0 rings (SSSR count). The number of likely N-dealkylation sites (N-methyl/N-ethyl adjacent to an activating group) is 1. The average molecular weight is 770 g/mol. The highest BCUT2D eigenvalue weighted by atomic mass is 16.3. The third-order valence-corrected chi connectivity index (χ3v) is 8.34. The minimum atomic E-state index is -1.59. The van der Waals surface area contributed by atoms with Crippen LogP contribution in [0.1, 0.15) is 111 Å². The number of rotatable bonds is 29. The Hall–Kier alpha value is -4.65. The van der Waals surface area contributed by atoms with Gasteiger partial charge < -0.3 is 53.8 Å². The summed E-state index contributed by atoms with van der Waals surface area (Å²) in [5, 5.41) is 27.0. The molecule has 6 atom stereocenters. The van der Waals surface area contributed by atoms with E-state index in [1.165, 1.54) is 47.1 Å². The van der Waals surface area contributed by atoms with Crippen molar-refractivity contribution in [1.82, 2.24) is 37.2 Å². The fraction of sp³-hybridized carbons (Fsp3) is 0.743. The topological polar surface area (TPSA) is 310 Å². The molecule has 0 saturated heterocycles. The van der Waals surface area contributed by atoms with Crippen LogP contribution in [0.15, 0.2) is 0 Å². The highest BCUT2D eigenvalue weighted by Gasteiger charge is 2.33. The van der Waals surface area contributed by atoms with Crippen LogP contribution in [0.3, 0.4) is 0 Å².